The zero-order valence-electron chi connectivity index (χ0n) is 13.1. The number of aryl methyl sites for hydroxylation is 1. The Labute approximate surface area is 146 Å². The summed E-state index contributed by atoms with van der Waals surface area (Å²) >= 11 is 11.8. The molecule has 0 saturated carbocycles. The van der Waals surface area contributed by atoms with Crippen LogP contribution in [0.4, 0.5) is 0 Å². The second kappa shape index (κ2) is 8.23. The van der Waals surface area contributed by atoms with Gasteiger partial charge in [0.2, 0.25) is 0 Å². The highest BCUT2D eigenvalue weighted by atomic mass is 35.5. The van der Waals surface area contributed by atoms with Gasteiger partial charge in [-0.1, -0.05) is 42.3 Å². The van der Waals surface area contributed by atoms with E-state index in [2.05, 4.69) is 5.32 Å². The second-order valence-corrected chi connectivity index (χ2v) is 6.11. The lowest BCUT2D eigenvalue weighted by atomic mass is 10.2. The molecule has 0 aliphatic carbocycles. The van der Waals surface area contributed by atoms with E-state index in [0.717, 1.165) is 11.1 Å². The Hall–Kier alpha value is -1.71. The molecule has 1 atom stereocenters. The Kier molecular flexibility index (Phi) is 6.31. The lowest BCUT2D eigenvalue weighted by Crippen LogP contribution is -2.37. The van der Waals surface area contributed by atoms with Crippen molar-refractivity contribution in [1.29, 1.82) is 0 Å². The van der Waals surface area contributed by atoms with E-state index in [1.54, 1.807) is 24.3 Å². The number of ether oxygens (including phenoxy) is 1. The zero-order chi connectivity index (χ0) is 16.8. The summed E-state index contributed by atoms with van der Waals surface area (Å²) in [6.45, 7) is 4.25. The molecule has 0 aliphatic rings. The van der Waals surface area contributed by atoms with Crippen molar-refractivity contribution >= 4 is 29.1 Å². The highest BCUT2D eigenvalue weighted by Crippen LogP contribution is 2.22. The fraction of sp³-hybridized carbons (Fsp3) is 0.278. The zero-order valence-corrected chi connectivity index (χ0v) is 14.6. The molecule has 1 N–H and O–H groups in total. The van der Waals surface area contributed by atoms with Crippen LogP contribution in [0.3, 0.4) is 0 Å². The Morgan fingerprint density at radius 1 is 1.17 bits per heavy atom. The van der Waals surface area contributed by atoms with Crippen LogP contribution in [0.2, 0.25) is 10.0 Å². The number of hydrogen-bond donors (Lipinski definition) is 1. The smallest absolute Gasteiger partial charge is 0.261 e. The molecule has 5 heteroatoms. The number of carbonyl (C=O) groups excluding carboxylic acids is 1. The number of halogens is 2. The second-order valence-electron chi connectivity index (χ2n) is 5.27. The first-order valence-electron chi connectivity index (χ1n) is 7.44. The van der Waals surface area contributed by atoms with Crippen molar-refractivity contribution in [3.05, 3.63) is 63.6 Å². The fourth-order valence-corrected chi connectivity index (χ4v) is 2.33. The van der Waals surface area contributed by atoms with Crippen LogP contribution >= 0.6 is 23.2 Å². The minimum absolute atomic E-state index is 0.143. The van der Waals surface area contributed by atoms with Gasteiger partial charge in [0, 0.05) is 16.6 Å². The van der Waals surface area contributed by atoms with Gasteiger partial charge in [-0.3, -0.25) is 4.79 Å². The predicted octanol–water partition coefficient (Wildman–Crippen LogP) is 4.78. The van der Waals surface area contributed by atoms with Gasteiger partial charge in [-0.05, 0) is 54.8 Å². The SMILES string of the molecule is CC[C@@H](Oc1ccc(Cl)c(C)c1)C(=O)NCc1ccc(Cl)cc1. The van der Waals surface area contributed by atoms with E-state index >= 15 is 0 Å². The van der Waals surface area contributed by atoms with Crippen molar-refractivity contribution in [2.75, 3.05) is 0 Å². The number of carbonyl (C=O) groups is 1. The minimum atomic E-state index is -0.539. The first-order valence-corrected chi connectivity index (χ1v) is 8.20. The largest absolute Gasteiger partial charge is 0.481 e. The molecule has 2 aromatic carbocycles. The van der Waals surface area contributed by atoms with Gasteiger partial charge in [0.15, 0.2) is 6.10 Å². The summed E-state index contributed by atoms with van der Waals surface area (Å²) in [6, 6.07) is 12.7. The number of benzene rings is 2. The molecule has 0 fully saturated rings. The number of amides is 1. The molecule has 23 heavy (non-hydrogen) atoms. The lowest BCUT2D eigenvalue weighted by Gasteiger charge is -2.18. The van der Waals surface area contributed by atoms with Gasteiger partial charge in [-0.2, -0.15) is 0 Å². The van der Waals surface area contributed by atoms with E-state index in [4.69, 9.17) is 27.9 Å². The minimum Gasteiger partial charge on any atom is -0.481 e. The molecule has 1 amide bonds. The van der Waals surface area contributed by atoms with Crippen molar-refractivity contribution in [2.45, 2.75) is 32.9 Å². The van der Waals surface area contributed by atoms with Crippen LogP contribution in [0, 0.1) is 6.92 Å². The molecule has 0 unspecified atom stereocenters. The van der Waals surface area contributed by atoms with Gasteiger partial charge in [-0.15, -0.1) is 0 Å². The number of rotatable bonds is 6. The molecular weight excluding hydrogens is 333 g/mol. The molecule has 0 spiro atoms. The van der Waals surface area contributed by atoms with E-state index < -0.39 is 6.10 Å². The molecule has 0 heterocycles. The summed E-state index contributed by atoms with van der Waals surface area (Å²) in [4.78, 5) is 12.3. The van der Waals surface area contributed by atoms with Crippen LogP contribution in [0.25, 0.3) is 0 Å². The Balaban J connectivity index is 1.95. The van der Waals surface area contributed by atoms with Crippen LogP contribution in [0.1, 0.15) is 24.5 Å². The maximum Gasteiger partial charge on any atom is 0.261 e. The molecule has 0 saturated heterocycles. The van der Waals surface area contributed by atoms with Crippen LogP contribution < -0.4 is 10.1 Å². The fourth-order valence-electron chi connectivity index (χ4n) is 2.08. The molecule has 0 aliphatic heterocycles. The normalized spacial score (nSPS) is 11.8. The monoisotopic (exact) mass is 351 g/mol. The third-order valence-electron chi connectivity index (χ3n) is 3.45. The first kappa shape index (κ1) is 17.6. The standard InChI is InChI=1S/C18H19Cl2NO2/c1-3-17(23-15-8-9-16(20)12(2)10-15)18(22)21-11-13-4-6-14(19)7-5-13/h4-10,17H,3,11H2,1-2H3,(H,21,22)/t17-/m1/s1. The van der Waals surface area contributed by atoms with Gasteiger partial charge in [0.1, 0.15) is 5.75 Å². The first-order chi connectivity index (χ1) is 11.0. The van der Waals surface area contributed by atoms with Crippen molar-refractivity contribution < 1.29 is 9.53 Å². The molecule has 122 valence electrons. The van der Waals surface area contributed by atoms with Crippen LogP contribution in [0.15, 0.2) is 42.5 Å². The van der Waals surface area contributed by atoms with Crippen molar-refractivity contribution in [3.8, 4) is 5.75 Å². The summed E-state index contributed by atoms with van der Waals surface area (Å²) in [5.74, 6) is 0.496. The van der Waals surface area contributed by atoms with Gasteiger partial charge < -0.3 is 10.1 Å². The van der Waals surface area contributed by atoms with Crippen LogP contribution in [-0.4, -0.2) is 12.0 Å². The van der Waals surface area contributed by atoms with Crippen molar-refractivity contribution in [2.24, 2.45) is 0 Å². The molecule has 0 bridgehead atoms. The third kappa shape index (κ3) is 5.15. The predicted molar refractivity (Wildman–Crippen MR) is 94.2 cm³/mol. The van der Waals surface area contributed by atoms with Crippen molar-refractivity contribution in [1.82, 2.24) is 5.32 Å². The Morgan fingerprint density at radius 3 is 2.48 bits per heavy atom. The quantitative estimate of drug-likeness (QED) is 0.813. The van der Waals surface area contributed by atoms with Crippen LogP contribution in [-0.2, 0) is 11.3 Å². The Morgan fingerprint density at radius 2 is 1.87 bits per heavy atom. The maximum absolute atomic E-state index is 12.3. The molecular formula is C18H19Cl2NO2. The van der Waals surface area contributed by atoms with E-state index in [-0.39, 0.29) is 5.91 Å². The van der Waals surface area contributed by atoms with E-state index in [1.807, 2.05) is 32.0 Å². The Bertz CT molecular complexity index is 671. The van der Waals surface area contributed by atoms with E-state index in [0.29, 0.717) is 28.8 Å². The van der Waals surface area contributed by atoms with Gasteiger partial charge in [-0.25, -0.2) is 0 Å². The number of hydrogen-bond acceptors (Lipinski definition) is 2. The van der Waals surface area contributed by atoms with Gasteiger partial charge >= 0.3 is 0 Å². The summed E-state index contributed by atoms with van der Waals surface area (Å²) in [5.41, 5.74) is 1.90. The van der Waals surface area contributed by atoms with E-state index in [9.17, 15) is 4.79 Å². The topological polar surface area (TPSA) is 38.3 Å². The molecule has 0 radical (unpaired) electrons. The average molecular weight is 352 g/mol. The summed E-state index contributed by atoms with van der Waals surface area (Å²) in [7, 11) is 0. The van der Waals surface area contributed by atoms with Gasteiger partial charge in [0.25, 0.3) is 5.91 Å². The molecule has 3 nitrogen and oxygen atoms in total. The molecule has 0 aromatic heterocycles. The summed E-state index contributed by atoms with van der Waals surface area (Å²) in [5, 5.41) is 4.23. The molecule has 2 aromatic rings. The molecule has 2 rings (SSSR count). The van der Waals surface area contributed by atoms with Gasteiger partial charge in [0.05, 0.1) is 0 Å². The van der Waals surface area contributed by atoms with E-state index in [1.165, 1.54) is 0 Å². The summed E-state index contributed by atoms with van der Waals surface area (Å²) < 4.78 is 5.78. The summed E-state index contributed by atoms with van der Waals surface area (Å²) in [6.07, 6.45) is 0.0385. The maximum atomic E-state index is 12.3. The highest BCUT2D eigenvalue weighted by Gasteiger charge is 2.18. The van der Waals surface area contributed by atoms with Crippen LogP contribution in [0.5, 0.6) is 5.75 Å². The lowest BCUT2D eigenvalue weighted by molar-refractivity contribution is -0.128. The third-order valence-corrected chi connectivity index (χ3v) is 4.13. The highest BCUT2D eigenvalue weighted by molar-refractivity contribution is 6.31. The van der Waals surface area contributed by atoms with Crippen molar-refractivity contribution in [3.63, 3.8) is 0 Å². The average Bonchev–Trinajstić information content (AvgIpc) is 2.55. The number of nitrogens with one attached hydrogen (secondary N) is 1.